The van der Waals surface area contributed by atoms with E-state index in [9.17, 15) is 0 Å². The molecule has 0 spiro atoms. The Hall–Kier alpha value is -0.900. The summed E-state index contributed by atoms with van der Waals surface area (Å²) in [6, 6.07) is 9.27. The molecule has 1 saturated heterocycles. The highest BCUT2D eigenvalue weighted by atomic mass is 16.5. The third-order valence-electron chi connectivity index (χ3n) is 4.92. The van der Waals surface area contributed by atoms with E-state index in [1.54, 1.807) is 7.11 Å². The smallest absolute Gasteiger partial charge is 0.0491 e. The number of methoxy groups -OCH3 is 1. The normalized spacial score (nSPS) is 20.4. The van der Waals surface area contributed by atoms with Crippen molar-refractivity contribution in [1.82, 2.24) is 4.90 Å². The van der Waals surface area contributed by atoms with Crippen LogP contribution in [0, 0.1) is 5.92 Å². The maximum atomic E-state index is 6.49. The van der Waals surface area contributed by atoms with E-state index in [0.29, 0.717) is 6.04 Å². The van der Waals surface area contributed by atoms with Crippen LogP contribution in [-0.2, 0) is 11.2 Å². The van der Waals surface area contributed by atoms with Crippen molar-refractivity contribution in [3.63, 3.8) is 0 Å². The molecule has 0 aromatic heterocycles. The molecule has 1 aliphatic rings. The van der Waals surface area contributed by atoms with Crippen LogP contribution in [0.5, 0.6) is 0 Å². The second kappa shape index (κ2) is 7.92. The van der Waals surface area contributed by atoms with Crippen LogP contribution in [0.4, 0.5) is 0 Å². The Morgan fingerprint density at radius 2 is 1.86 bits per heavy atom. The summed E-state index contributed by atoms with van der Waals surface area (Å²) in [7, 11) is 1.80. The summed E-state index contributed by atoms with van der Waals surface area (Å²) in [4.78, 5) is 2.53. The SMILES string of the molecule is CCc1ccc(C(N)C(C)N2CCC(COC)CC2)cc1. The first-order valence-corrected chi connectivity index (χ1v) is 8.23. The molecule has 3 heteroatoms. The minimum Gasteiger partial charge on any atom is -0.384 e. The third-order valence-corrected chi connectivity index (χ3v) is 4.92. The molecule has 0 saturated carbocycles. The standard InChI is InChI=1S/C18H30N2O/c1-4-15-5-7-17(8-6-15)18(19)14(2)20-11-9-16(10-12-20)13-21-3/h5-8,14,16,18H,4,9-13,19H2,1-3H3. The van der Waals surface area contributed by atoms with Gasteiger partial charge in [0.05, 0.1) is 0 Å². The van der Waals surface area contributed by atoms with Crippen molar-refractivity contribution < 1.29 is 4.74 Å². The van der Waals surface area contributed by atoms with Crippen LogP contribution in [0.1, 0.15) is 43.9 Å². The van der Waals surface area contributed by atoms with Gasteiger partial charge in [-0.15, -0.1) is 0 Å². The van der Waals surface area contributed by atoms with Crippen molar-refractivity contribution in [2.75, 3.05) is 26.8 Å². The van der Waals surface area contributed by atoms with Gasteiger partial charge in [-0.05, 0) is 56.3 Å². The second-order valence-corrected chi connectivity index (χ2v) is 6.30. The lowest BCUT2D eigenvalue weighted by molar-refractivity contribution is 0.0770. The molecule has 2 rings (SSSR count). The zero-order chi connectivity index (χ0) is 15.2. The summed E-state index contributed by atoms with van der Waals surface area (Å²) >= 11 is 0. The van der Waals surface area contributed by atoms with Gasteiger partial charge in [0, 0.05) is 25.8 Å². The quantitative estimate of drug-likeness (QED) is 0.875. The molecule has 3 nitrogen and oxygen atoms in total. The van der Waals surface area contributed by atoms with Gasteiger partial charge in [-0.25, -0.2) is 0 Å². The van der Waals surface area contributed by atoms with Gasteiger partial charge in [0.15, 0.2) is 0 Å². The first kappa shape index (κ1) is 16.5. The summed E-state index contributed by atoms with van der Waals surface area (Å²) in [6.45, 7) is 7.61. The molecule has 1 heterocycles. The molecular formula is C18H30N2O. The van der Waals surface area contributed by atoms with Crippen molar-refractivity contribution in [3.05, 3.63) is 35.4 Å². The van der Waals surface area contributed by atoms with Crippen LogP contribution >= 0.6 is 0 Å². The second-order valence-electron chi connectivity index (χ2n) is 6.30. The largest absolute Gasteiger partial charge is 0.384 e. The highest BCUT2D eigenvalue weighted by Crippen LogP contribution is 2.24. The number of rotatable bonds is 6. The lowest BCUT2D eigenvalue weighted by Gasteiger charge is -2.38. The number of ether oxygens (including phenoxy) is 1. The molecule has 1 aliphatic heterocycles. The van der Waals surface area contributed by atoms with Crippen molar-refractivity contribution >= 4 is 0 Å². The number of aryl methyl sites for hydroxylation is 1. The Kier molecular flexibility index (Phi) is 6.22. The first-order chi connectivity index (χ1) is 10.2. The molecular weight excluding hydrogens is 260 g/mol. The van der Waals surface area contributed by atoms with Gasteiger partial charge < -0.3 is 10.5 Å². The van der Waals surface area contributed by atoms with Gasteiger partial charge in [-0.3, -0.25) is 4.90 Å². The Balaban J connectivity index is 1.91. The minimum atomic E-state index is 0.0925. The monoisotopic (exact) mass is 290 g/mol. The lowest BCUT2D eigenvalue weighted by atomic mass is 9.93. The van der Waals surface area contributed by atoms with Crippen LogP contribution < -0.4 is 5.73 Å². The van der Waals surface area contributed by atoms with E-state index in [-0.39, 0.29) is 6.04 Å². The van der Waals surface area contributed by atoms with E-state index in [1.807, 2.05) is 0 Å². The number of piperidine rings is 1. The predicted octanol–water partition coefficient (Wildman–Crippen LogP) is 3.00. The van der Waals surface area contributed by atoms with E-state index >= 15 is 0 Å². The highest BCUT2D eigenvalue weighted by molar-refractivity contribution is 5.25. The number of nitrogens with zero attached hydrogens (tertiary/aromatic N) is 1. The van der Waals surface area contributed by atoms with Gasteiger partial charge in [0.2, 0.25) is 0 Å². The van der Waals surface area contributed by atoms with Crippen molar-refractivity contribution in [1.29, 1.82) is 0 Å². The van der Waals surface area contributed by atoms with Gasteiger partial charge in [-0.1, -0.05) is 31.2 Å². The highest BCUT2D eigenvalue weighted by Gasteiger charge is 2.26. The summed E-state index contributed by atoms with van der Waals surface area (Å²) < 4.78 is 5.27. The molecule has 0 amide bonds. The average Bonchev–Trinajstić information content (AvgIpc) is 2.54. The number of likely N-dealkylation sites (tertiary alicyclic amines) is 1. The molecule has 1 aromatic rings. The van der Waals surface area contributed by atoms with Crippen LogP contribution in [0.15, 0.2) is 24.3 Å². The molecule has 118 valence electrons. The van der Waals surface area contributed by atoms with E-state index < -0.39 is 0 Å². The van der Waals surface area contributed by atoms with E-state index in [0.717, 1.165) is 32.0 Å². The zero-order valence-corrected chi connectivity index (χ0v) is 13.7. The van der Waals surface area contributed by atoms with Crippen molar-refractivity contribution in [2.45, 2.75) is 45.2 Å². The minimum absolute atomic E-state index is 0.0925. The Morgan fingerprint density at radius 1 is 1.24 bits per heavy atom. The molecule has 1 aromatic carbocycles. The maximum absolute atomic E-state index is 6.49. The number of hydrogen-bond acceptors (Lipinski definition) is 3. The predicted molar refractivity (Wildman–Crippen MR) is 88.4 cm³/mol. The third kappa shape index (κ3) is 4.29. The molecule has 2 N–H and O–H groups in total. The van der Waals surface area contributed by atoms with Crippen LogP contribution in [0.2, 0.25) is 0 Å². The lowest BCUT2D eigenvalue weighted by Crippen LogP contribution is -2.45. The fourth-order valence-corrected chi connectivity index (χ4v) is 3.24. The fraction of sp³-hybridized carbons (Fsp3) is 0.667. The molecule has 2 atom stereocenters. The average molecular weight is 290 g/mol. The van der Waals surface area contributed by atoms with Gasteiger partial charge in [-0.2, -0.15) is 0 Å². The van der Waals surface area contributed by atoms with E-state index in [4.69, 9.17) is 10.5 Å². The molecule has 0 aliphatic carbocycles. The topological polar surface area (TPSA) is 38.5 Å². The summed E-state index contributed by atoms with van der Waals surface area (Å²) in [5.74, 6) is 0.721. The Bertz CT molecular complexity index is 410. The van der Waals surface area contributed by atoms with Crippen LogP contribution in [0.25, 0.3) is 0 Å². The van der Waals surface area contributed by atoms with Gasteiger partial charge in [0.25, 0.3) is 0 Å². The maximum Gasteiger partial charge on any atom is 0.0491 e. The number of nitrogens with two attached hydrogens (primary N) is 1. The van der Waals surface area contributed by atoms with Crippen molar-refractivity contribution in [3.8, 4) is 0 Å². The number of benzene rings is 1. The molecule has 21 heavy (non-hydrogen) atoms. The summed E-state index contributed by atoms with van der Waals surface area (Å²) in [5.41, 5.74) is 9.11. The molecule has 0 bridgehead atoms. The molecule has 2 unspecified atom stereocenters. The molecule has 0 radical (unpaired) electrons. The zero-order valence-electron chi connectivity index (χ0n) is 13.7. The molecule has 1 fully saturated rings. The number of hydrogen-bond donors (Lipinski definition) is 1. The van der Waals surface area contributed by atoms with Gasteiger partial charge in [0.1, 0.15) is 0 Å². The Labute approximate surface area is 129 Å². The fourth-order valence-electron chi connectivity index (χ4n) is 3.24. The van der Waals surface area contributed by atoms with Crippen LogP contribution in [0.3, 0.4) is 0 Å². The van der Waals surface area contributed by atoms with E-state index in [2.05, 4.69) is 43.0 Å². The first-order valence-electron chi connectivity index (χ1n) is 8.23. The van der Waals surface area contributed by atoms with Crippen molar-refractivity contribution in [2.24, 2.45) is 11.7 Å². The van der Waals surface area contributed by atoms with Gasteiger partial charge >= 0.3 is 0 Å². The summed E-state index contributed by atoms with van der Waals surface area (Å²) in [5, 5.41) is 0. The Morgan fingerprint density at radius 3 is 2.38 bits per heavy atom. The van der Waals surface area contributed by atoms with Crippen LogP contribution in [-0.4, -0.2) is 37.7 Å². The van der Waals surface area contributed by atoms with E-state index in [1.165, 1.54) is 24.0 Å². The summed E-state index contributed by atoms with van der Waals surface area (Å²) in [6.07, 6.45) is 3.53.